The summed E-state index contributed by atoms with van der Waals surface area (Å²) in [4.78, 5) is 16.8. The number of piperazine rings is 1. The van der Waals surface area contributed by atoms with E-state index in [9.17, 15) is 4.79 Å². The zero-order valence-corrected chi connectivity index (χ0v) is 15.3. The molecule has 0 spiro atoms. The van der Waals surface area contributed by atoms with Crippen LogP contribution in [0.5, 0.6) is 0 Å². The highest BCUT2D eigenvalue weighted by Gasteiger charge is 2.21. The Hall–Kier alpha value is -1.40. The third-order valence-corrected chi connectivity index (χ3v) is 4.96. The van der Waals surface area contributed by atoms with Crippen molar-refractivity contribution in [3.05, 3.63) is 69.3 Å². The van der Waals surface area contributed by atoms with E-state index in [4.69, 9.17) is 0 Å². The molecule has 0 aromatic heterocycles. The first-order chi connectivity index (χ1) is 11.2. The number of hydrogen-bond acceptors (Lipinski definition) is 2. The molecule has 0 bridgehead atoms. The van der Waals surface area contributed by atoms with Crippen molar-refractivity contribution in [3.8, 4) is 0 Å². The normalized spacial score (nSPS) is 15.6. The molecule has 1 aliphatic heterocycles. The van der Waals surface area contributed by atoms with E-state index < -0.39 is 0 Å². The van der Waals surface area contributed by atoms with Gasteiger partial charge in [0.05, 0.1) is 6.42 Å². The lowest BCUT2D eigenvalue weighted by Gasteiger charge is -2.34. The summed E-state index contributed by atoms with van der Waals surface area (Å²) in [6.07, 6.45) is 0.512. The van der Waals surface area contributed by atoms with Crippen LogP contribution in [0.2, 0.25) is 0 Å². The minimum absolute atomic E-state index is 0.241. The Bertz CT molecular complexity index is 634. The molecule has 0 unspecified atom stereocenters. The summed E-state index contributed by atoms with van der Waals surface area (Å²) in [5, 5.41) is 0. The van der Waals surface area contributed by atoms with Crippen LogP contribution in [0.4, 0.5) is 0 Å². The number of halogens is 1. The summed E-state index contributed by atoms with van der Waals surface area (Å²) >= 11 is 2.33. The van der Waals surface area contributed by atoms with E-state index in [0.717, 1.165) is 38.3 Å². The molecule has 1 saturated heterocycles. The molecule has 0 radical (unpaired) electrons. The second-order valence-electron chi connectivity index (χ2n) is 5.95. The Morgan fingerprint density at radius 1 is 0.870 bits per heavy atom. The molecule has 0 N–H and O–H groups in total. The van der Waals surface area contributed by atoms with Crippen molar-refractivity contribution in [2.24, 2.45) is 0 Å². The smallest absolute Gasteiger partial charge is 0.227 e. The Morgan fingerprint density at radius 3 is 2.17 bits per heavy atom. The van der Waals surface area contributed by atoms with Crippen molar-refractivity contribution in [1.82, 2.24) is 9.80 Å². The van der Waals surface area contributed by atoms with E-state index in [1.165, 1.54) is 9.13 Å². The largest absolute Gasteiger partial charge is 0.340 e. The van der Waals surface area contributed by atoms with Gasteiger partial charge in [0, 0.05) is 36.3 Å². The maximum Gasteiger partial charge on any atom is 0.227 e. The summed E-state index contributed by atoms with van der Waals surface area (Å²) in [5.41, 5.74) is 2.44. The molecule has 23 heavy (non-hydrogen) atoms. The number of hydrogen-bond donors (Lipinski definition) is 0. The predicted molar refractivity (Wildman–Crippen MR) is 101 cm³/mol. The van der Waals surface area contributed by atoms with Crippen molar-refractivity contribution >= 4 is 28.5 Å². The zero-order chi connectivity index (χ0) is 16.1. The summed E-state index contributed by atoms with van der Waals surface area (Å²) in [6.45, 7) is 4.53. The zero-order valence-electron chi connectivity index (χ0n) is 13.1. The van der Waals surface area contributed by atoms with Crippen LogP contribution >= 0.6 is 22.6 Å². The summed E-state index contributed by atoms with van der Waals surface area (Å²) < 4.78 is 1.27. The van der Waals surface area contributed by atoms with E-state index in [2.05, 4.69) is 51.8 Å². The lowest BCUT2D eigenvalue weighted by atomic mass is 10.1. The molecule has 3 rings (SSSR count). The van der Waals surface area contributed by atoms with Gasteiger partial charge in [-0.05, 0) is 45.9 Å². The predicted octanol–water partition coefficient (Wildman–Crippen LogP) is 3.18. The average Bonchev–Trinajstić information content (AvgIpc) is 2.58. The standard InChI is InChI=1S/C19H21IN2O/c20-18-8-6-17(7-9-18)15-21-10-12-22(13-11-21)19(23)14-16-4-2-1-3-5-16/h1-9H,10-15H2. The van der Waals surface area contributed by atoms with Gasteiger partial charge >= 0.3 is 0 Å². The van der Waals surface area contributed by atoms with Gasteiger partial charge in [0.2, 0.25) is 5.91 Å². The molecule has 0 saturated carbocycles. The van der Waals surface area contributed by atoms with Crippen LogP contribution in [-0.4, -0.2) is 41.9 Å². The molecule has 1 aliphatic rings. The maximum atomic E-state index is 12.4. The molecular weight excluding hydrogens is 399 g/mol. The molecule has 0 aliphatic carbocycles. The molecule has 3 nitrogen and oxygen atoms in total. The molecular formula is C19H21IN2O. The van der Waals surface area contributed by atoms with Crippen LogP contribution in [0.3, 0.4) is 0 Å². The lowest BCUT2D eigenvalue weighted by molar-refractivity contribution is -0.132. The summed E-state index contributed by atoms with van der Waals surface area (Å²) in [7, 11) is 0. The SMILES string of the molecule is O=C(Cc1ccccc1)N1CCN(Cc2ccc(I)cc2)CC1. The first kappa shape index (κ1) is 16.5. The van der Waals surface area contributed by atoms with Crippen LogP contribution in [-0.2, 0) is 17.8 Å². The Labute approximate surface area is 151 Å². The first-order valence-corrected chi connectivity index (χ1v) is 9.07. The van der Waals surface area contributed by atoms with Gasteiger partial charge in [0.1, 0.15) is 0 Å². The van der Waals surface area contributed by atoms with Gasteiger partial charge < -0.3 is 4.90 Å². The van der Waals surface area contributed by atoms with Crippen molar-refractivity contribution in [2.75, 3.05) is 26.2 Å². The fourth-order valence-electron chi connectivity index (χ4n) is 2.89. The van der Waals surface area contributed by atoms with Gasteiger partial charge in [0.15, 0.2) is 0 Å². The van der Waals surface area contributed by atoms with Crippen LogP contribution in [0.15, 0.2) is 54.6 Å². The summed E-state index contributed by atoms with van der Waals surface area (Å²) in [5.74, 6) is 0.241. The quantitative estimate of drug-likeness (QED) is 0.710. The first-order valence-electron chi connectivity index (χ1n) is 7.99. The molecule has 2 aromatic carbocycles. The number of nitrogens with zero attached hydrogens (tertiary/aromatic N) is 2. The van der Waals surface area contributed by atoms with E-state index in [1.807, 2.05) is 35.2 Å². The van der Waals surface area contributed by atoms with Gasteiger partial charge in [-0.15, -0.1) is 0 Å². The molecule has 1 amide bonds. The molecule has 4 heteroatoms. The molecule has 2 aromatic rings. The maximum absolute atomic E-state index is 12.4. The fraction of sp³-hybridized carbons (Fsp3) is 0.316. The molecule has 120 valence electrons. The van der Waals surface area contributed by atoms with Gasteiger partial charge in [-0.1, -0.05) is 42.5 Å². The van der Waals surface area contributed by atoms with Gasteiger partial charge in [-0.2, -0.15) is 0 Å². The highest BCUT2D eigenvalue weighted by Crippen LogP contribution is 2.12. The third kappa shape index (κ3) is 4.78. The van der Waals surface area contributed by atoms with Crippen molar-refractivity contribution < 1.29 is 4.79 Å². The second kappa shape index (κ2) is 7.93. The van der Waals surface area contributed by atoms with Crippen molar-refractivity contribution in [2.45, 2.75) is 13.0 Å². The lowest BCUT2D eigenvalue weighted by Crippen LogP contribution is -2.48. The van der Waals surface area contributed by atoms with Crippen molar-refractivity contribution in [1.29, 1.82) is 0 Å². The fourth-order valence-corrected chi connectivity index (χ4v) is 3.25. The van der Waals surface area contributed by atoms with E-state index in [1.54, 1.807) is 0 Å². The third-order valence-electron chi connectivity index (χ3n) is 4.24. The molecule has 1 fully saturated rings. The topological polar surface area (TPSA) is 23.6 Å². The Kier molecular flexibility index (Phi) is 5.67. The van der Waals surface area contributed by atoms with Gasteiger partial charge in [-0.3, -0.25) is 9.69 Å². The average molecular weight is 420 g/mol. The van der Waals surface area contributed by atoms with E-state index in [-0.39, 0.29) is 5.91 Å². The van der Waals surface area contributed by atoms with Crippen LogP contribution in [0.1, 0.15) is 11.1 Å². The monoisotopic (exact) mass is 420 g/mol. The molecule has 0 atom stereocenters. The highest BCUT2D eigenvalue weighted by atomic mass is 127. The number of carbonyl (C=O) groups is 1. The van der Waals surface area contributed by atoms with Crippen LogP contribution in [0, 0.1) is 3.57 Å². The number of rotatable bonds is 4. The number of carbonyl (C=O) groups excluding carboxylic acids is 1. The van der Waals surface area contributed by atoms with Crippen LogP contribution < -0.4 is 0 Å². The van der Waals surface area contributed by atoms with E-state index >= 15 is 0 Å². The van der Waals surface area contributed by atoms with Crippen molar-refractivity contribution in [3.63, 3.8) is 0 Å². The number of benzene rings is 2. The minimum Gasteiger partial charge on any atom is -0.340 e. The Balaban J connectivity index is 1.48. The number of amides is 1. The summed E-state index contributed by atoms with van der Waals surface area (Å²) in [6, 6.07) is 18.7. The second-order valence-corrected chi connectivity index (χ2v) is 7.19. The van der Waals surface area contributed by atoms with E-state index in [0.29, 0.717) is 6.42 Å². The van der Waals surface area contributed by atoms with Crippen LogP contribution in [0.25, 0.3) is 0 Å². The minimum atomic E-state index is 0.241. The van der Waals surface area contributed by atoms with Gasteiger partial charge in [0.25, 0.3) is 0 Å². The highest BCUT2D eigenvalue weighted by molar-refractivity contribution is 14.1. The Morgan fingerprint density at radius 2 is 1.52 bits per heavy atom. The van der Waals surface area contributed by atoms with Gasteiger partial charge in [-0.25, -0.2) is 0 Å². The molecule has 1 heterocycles.